The molecule has 106 valence electrons. The molecular weight excluding hydrogens is 246 g/mol. The smallest absolute Gasteiger partial charge is 0.0649 e. The number of benzene rings is 1. The van der Waals surface area contributed by atoms with E-state index in [0.717, 1.165) is 30.4 Å². The first-order valence-electron chi connectivity index (χ1n) is 7.50. The van der Waals surface area contributed by atoms with Crippen LogP contribution in [0.4, 0.5) is 0 Å². The molecule has 0 bridgehead atoms. The van der Waals surface area contributed by atoms with Gasteiger partial charge in [0.15, 0.2) is 0 Å². The van der Waals surface area contributed by atoms with Crippen LogP contribution in [0.2, 0.25) is 0 Å². The Bertz CT molecular complexity index is 591. The van der Waals surface area contributed by atoms with Crippen molar-refractivity contribution in [1.82, 2.24) is 15.1 Å². The van der Waals surface area contributed by atoms with Crippen LogP contribution in [0, 0.1) is 20.8 Å². The lowest BCUT2D eigenvalue weighted by atomic mass is 10.1. The topological polar surface area (TPSA) is 29.9 Å². The van der Waals surface area contributed by atoms with Gasteiger partial charge in [0.1, 0.15) is 0 Å². The maximum absolute atomic E-state index is 4.71. The summed E-state index contributed by atoms with van der Waals surface area (Å²) in [5.41, 5.74) is 6.24. The van der Waals surface area contributed by atoms with Gasteiger partial charge in [0.05, 0.1) is 11.4 Å². The highest BCUT2D eigenvalue weighted by Crippen LogP contribution is 2.21. The average molecular weight is 269 g/mol. The Balaban J connectivity index is 1.79. The zero-order valence-corrected chi connectivity index (χ0v) is 12.6. The summed E-state index contributed by atoms with van der Waals surface area (Å²) in [5.74, 6) is 0. The van der Waals surface area contributed by atoms with Gasteiger partial charge in [-0.2, -0.15) is 5.10 Å². The van der Waals surface area contributed by atoms with Crippen molar-refractivity contribution in [2.45, 2.75) is 46.1 Å². The minimum absolute atomic E-state index is 0.780. The molecule has 1 heterocycles. The van der Waals surface area contributed by atoms with E-state index in [1.54, 1.807) is 0 Å². The number of hydrogen-bond donors (Lipinski definition) is 1. The van der Waals surface area contributed by atoms with E-state index in [2.05, 4.69) is 55.0 Å². The summed E-state index contributed by atoms with van der Waals surface area (Å²) >= 11 is 0. The number of hydrogen-bond acceptors (Lipinski definition) is 2. The monoisotopic (exact) mass is 269 g/mol. The second-order valence-corrected chi connectivity index (χ2v) is 5.88. The highest BCUT2D eigenvalue weighted by Gasteiger charge is 2.20. The quantitative estimate of drug-likeness (QED) is 0.904. The van der Waals surface area contributed by atoms with Gasteiger partial charge < -0.3 is 5.32 Å². The van der Waals surface area contributed by atoms with Crippen LogP contribution in [-0.2, 0) is 6.42 Å². The van der Waals surface area contributed by atoms with Crippen LogP contribution in [0.3, 0.4) is 0 Å². The zero-order valence-electron chi connectivity index (χ0n) is 12.6. The highest BCUT2D eigenvalue weighted by molar-refractivity contribution is 5.38. The van der Waals surface area contributed by atoms with Gasteiger partial charge in [0, 0.05) is 11.7 Å². The van der Waals surface area contributed by atoms with E-state index in [-0.39, 0.29) is 0 Å². The molecule has 0 amide bonds. The van der Waals surface area contributed by atoms with Gasteiger partial charge in [-0.3, -0.25) is 0 Å². The molecular formula is C17H23N3. The minimum Gasteiger partial charge on any atom is -0.314 e. The molecule has 0 unspecified atom stereocenters. The number of nitrogens with zero attached hydrogens (tertiary/aromatic N) is 2. The number of nitrogens with one attached hydrogen (secondary N) is 1. The fourth-order valence-corrected chi connectivity index (χ4v) is 2.66. The molecule has 1 fully saturated rings. The van der Waals surface area contributed by atoms with Crippen LogP contribution in [0.1, 0.15) is 35.4 Å². The lowest BCUT2D eigenvalue weighted by molar-refractivity contribution is 0.679. The molecule has 0 atom stereocenters. The standard InChI is InChI=1S/C17H23N3/c1-12-4-8-16(9-5-12)20-14(3)17(13(2)19-20)10-11-18-15-6-7-15/h4-5,8-9,15,18H,6-7,10-11H2,1-3H3. The normalized spacial score (nSPS) is 14.8. The van der Waals surface area contributed by atoms with Crippen molar-refractivity contribution in [2.24, 2.45) is 0 Å². The first-order chi connectivity index (χ1) is 9.65. The van der Waals surface area contributed by atoms with Crippen LogP contribution < -0.4 is 5.32 Å². The third-order valence-electron chi connectivity index (χ3n) is 4.11. The summed E-state index contributed by atoms with van der Waals surface area (Å²) < 4.78 is 2.07. The molecule has 1 aliphatic rings. The number of rotatable bonds is 5. The summed E-state index contributed by atoms with van der Waals surface area (Å²) in [7, 11) is 0. The van der Waals surface area contributed by atoms with Crippen molar-refractivity contribution in [3.8, 4) is 5.69 Å². The molecule has 0 aliphatic heterocycles. The summed E-state index contributed by atoms with van der Waals surface area (Å²) in [6, 6.07) is 9.34. The minimum atomic E-state index is 0.780. The van der Waals surface area contributed by atoms with Gasteiger partial charge in [-0.05, 0) is 64.3 Å². The van der Waals surface area contributed by atoms with Crippen molar-refractivity contribution in [1.29, 1.82) is 0 Å². The maximum Gasteiger partial charge on any atom is 0.0649 e. The molecule has 20 heavy (non-hydrogen) atoms. The van der Waals surface area contributed by atoms with Gasteiger partial charge in [-0.1, -0.05) is 17.7 Å². The Morgan fingerprint density at radius 3 is 2.50 bits per heavy atom. The largest absolute Gasteiger partial charge is 0.314 e. The molecule has 1 aliphatic carbocycles. The van der Waals surface area contributed by atoms with E-state index in [1.807, 2.05) is 0 Å². The van der Waals surface area contributed by atoms with E-state index in [0.29, 0.717) is 0 Å². The molecule has 1 N–H and O–H groups in total. The Hall–Kier alpha value is -1.61. The average Bonchev–Trinajstić information content (AvgIpc) is 3.21. The molecule has 2 aromatic rings. The third-order valence-corrected chi connectivity index (χ3v) is 4.11. The molecule has 0 radical (unpaired) electrons. The summed E-state index contributed by atoms with van der Waals surface area (Å²) in [6.45, 7) is 7.46. The van der Waals surface area contributed by atoms with Gasteiger partial charge >= 0.3 is 0 Å². The van der Waals surface area contributed by atoms with E-state index in [1.165, 1.54) is 29.7 Å². The maximum atomic E-state index is 4.71. The molecule has 0 spiro atoms. The Morgan fingerprint density at radius 2 is 1.85 bits per heavy atom. The SMILES string of the molecule is Cc1ccc(-n2nc(C)c(CCNC3CC3)c2C)cc1. The third kappa shape index (κ3) is 2.78. The van der Waals surface area contributed by atoms with Crippen molar-refractivity contribution in [3.05, 3.63) is 46.8 Å². The van der Waals surface area contributed by atoms with Gasteiger partial charge in [0.2, 0.25) is 0 Å². The summed E-state index contributed by atoms with van der Waals surface area (Å²) in [6.07, 6.45) is 3.77. The van der Waals surface area contributed by atoms with Crippen LogP contribution in [-0.4, -0.2) is 22.4 Å². The number of aryl methyl sites for hydroxylation is 2. The second kappa shape index (κ2) is 5.41. The first-order valence-corrected chi connectivity index (χ1v) is 7.50. The number of aromatic nitrogens is 2. The lowest BCUT2D eigenvalue weighted by Crippen LogP contribution is -2.19. The van der Waals surface area contributed by atoms with E-state index >= 15 is 0 Å². The lowest BCUT2D eigenvalue weighted by Gasteiger charge is -2.06. The van der Waals surface area contributed by atoms with Crippen molar-refractivity contribution >= 4 is 0 Å². The molecule has 1 saturated carbocycles. The van der Waals surface area contributed by atoms with Crippen molar-refractivity contribution < 1.29 is 0 Å². The molecule has 3 rings (SSSR count). The molecule has 3 heteroatoms. The molecule has 1 aromatic carbocycles. The predicted molar refractivity (Wildman–Crippen MR) is 82.5 cm³/mol. The van der Waals surface area contributed by atoms with E-state index < -0.39 is 0 Å². The zero-order chi connectivity index (χ0) is 14.1. The van der Waals surface area contributed by atoms with Gasteiger partial charge in [-0.15, -0.1) is 0 Å². The Morgan fingerprint density at radius 1 is 1.15 bits per heavy atom. The van der Waals surface area contributed by atoms with Crippen LogP contribution in [0.5, 0.6) is 0 Å². The van der Waals surface area contributed by atoms with Crippen molar-refractivity contribution in [3.63, 3.8) is 0 Å². The molecule has 3 nitrogen and oxygen atoms in total. The van der Waals surface area contributed by atoms with Crippen LogP contribution in [0.15, 0.2) is 24.3 Å². The Labute approximate surface area is 121 Å². The fraction of sp³-hybridized carbons (Fsp3) is 0.471. The van der Waals surface area contributed by atoms with Gasteiger partial charge in [-0.25, -0.2) is 4.68 Å². The Kier molecular flexibility index (Phi) is 3.62. The van der Waals surface area contributed by atoms with E-state index in [9.17, 15) is 0 Å². The fourth-order valence-electron chi connectivity index (χ4n) is 2.66. The first kappa shape index (κ1) is 13.4. The summed E-state index contributed by atoms with van der Waals surface area (Å²) in [4.78, 5) is 0. The van der Waals surface area contributed by atoms with E-state index in [4.69, 9.17) is 5.10 Å². The molecule has 1 aromatic heterocycles. The summed E-state index contributed by atoms with van der Waals surface area (Å²) in [5, 5.41) is 8.29. The molecule has 0 saturated heterocycles. The second-order valence-electron chi connectivity index (χ2n) is 5.88. The van der Waals surface area contributed by atoms with Crippen molar-refractivity contribution in [2.75, 3.05) is 6.54 Å². The highest BCUT2D eigenvalue weighted by atomic mass is 15.3. The van der Waals surface area contributed by atoms with Crippen LogP contribution in [0.25, 0.3) is 5.69 Å². The van der Waals surface area contributed by atoms with Gasteiger partial charge in [0.25, 0.3) is 0 Å². The van der Waals surface area contributed by atoms with Crippen LogP contribution >= 0.6 is 0 Å². The predicted octanol–water partition coefficient (Wildman–Crippen LogP) is 3.09.